The predicted molar refractivity (Wildman–Crippen MR) is 123 cm³/mol. The van der Waals surface area contributed by atoms with Crippen molar-refractivity contribution in [2.75, 3.05) is 26.2 Å². The summed E-state index contributed by atoms with van der Waals surface area (Å²) in [5.74, 6) is 0.0940. The number of nitrogens with one attached hydrogen (secondary N) is 1. The molecule has 3 fully saturated rings. The van der Waals surface area contributed by atoms with E-state index in [1.807, 2.05) is 36.9 Å². The highest BCUT2D eigenvalue weighted by atomic mass is 16.2. The molecule has 0 aliphatic carbocycles. The molecule has 174 valence electrons. The number of carbonyl (C=O) groups is 3. The van der Waals surface area contributed by atoms with Crippen molar-refractivity contribution >= 4 is 17.8 Å². The molecule has 0 saturated carbocycles. The lowest BCUT2D eigenvalue weighted by Crippen LogP contribution is -2.56. The molecule has 1 N–H and O–H groups in total. The Bertz CT molecular complexity index is 831. The molecular formula is C25H36N4O3. The van der Waals surface area contributed by atoms with Crippen LogP contribution in [0.25, 0.3) is 0 Å². The molecule has 0 bridgehead atoms. The smallest absolute Gasteiger partial charge is 0.325 e. The third-order valence-corrected chi connectivity index (χ3v) is 7.56. The Labute approximate surface area is 191 Å². The number of hydrogen-bond acceptors (Lipinski definition) is 4. The Morgan fingerprint density at radius 2 is 1.78 bits per heavy atom. The summed E-state index contributed by atoms with van der Waals surface area (Å²) in [5.41, 5.74) is 0.475. The van der Waals surface area contributed by atoms with Gasteiger partial charge in [0.25, 0.3) is 5.91 Å². The normalized spacial score (nSPS) is 23.8. The molecular weight excluding hydrogens is 404 g/mol. The van der Waals surface area contributed by atoms with Crippen LogP contribution < -0.4 is 5.32 Å². The van der Waals surface area contributed by atoms with Gasteiger partial charge in [0.2, 0.25) is 5.91 Å². The highest BCUT2D eigenvalue weighted by molar-refractivity contribution is 6.07. The lowest BCUT2D eigenvalue weighted by Gasteiger charge is -2.39. The van der Waals surface area contributed by atoms with Crippen LogP contribution in [0.5, 0.6) is 0 Å². The summed E-state index contributed by atoms with van der Waals surface area (Å²) in [5, 5.41) is 3.05. The minimum atomic E-state index is -0.786. The van der Waals surface area contributed by atoms with Crippen LogP contribution in [0.2, 0.25) is 0 Å². The largest absolute Gasteiger partial charge is 0.340 e. The zero-order valence-electron chi connectivity index (χ0n) is 19.4. The van der Waals surface area contributed by atoms with Crippen LogP contribution in [0, 0.1) is 5.92 Å². The first-order chi connectivity index (χ1) is 15.5. The zero-order valence-corrected chi connectivity index (χ0v) is 19.4. The fourth-order valence-electron chi connectivity index (χ4n) is 5.51. The molecule has 4 amide bonds. The maximum Gasteiger partial charge on any atom is 0.325 e. The number of nitrogens with zero attached hydrogens (tertiary/aromatic N) is 3. The first-order valence-electron chi connectivity index (χ1n) is 12.2. The number of imide groups is 1. The number of benzene rings is 1. The Kier molecular flexibility index (Phi) is 6.84. The lowest BCUT2D eigenvalue weighted by molar-refractivity contribution is -0.141. The minimum Gasteiger partial charge on any atom is -0.340 e. The molecule has 1 atom stereocenters. The van der Waals surface area contributed by atoms with Crippen LogP contribution in [0.1, 0.15) is 57.9 Å². The predicted octanol–water partition coefficient (Wildman–Crippen LogP) is 3.00. The SMILES string of the molecule is CCC(CC)C(=O)N1CCC[C@@H](N2C(=O)NC3(CCN(Cc4ccccc4)CC3)C2=O)C1. The molecule has 7 nitrogen and oxygen atoms in total. The van der Waals surface area contributed by atoms with Gasteiger partial charge in [-0.15, -0.1) is 0 Å². The van der Waals surface area contributed by atoms with Gasteiger partial charge in [0, 0.05) is 38.6 Å². The second-order valence-corrected chi connectivity index (χ2v) is 9.54. The maximum atomic E-state index is 13.5. The van der Waals surface area contributed by atoms with Crippen molar-refractivity contribution in [3.05, 3.63) is 35.9 Å². The summed E-state index contributed by atoms with van der Waals surface area (Å²) in [6, 6.07) is 9.82. The van der Waals surface area contributed by atoms with Crippen molar-refractivity contribution in [2.24, 2.45) is 5.92 Å². The van der Waals surface area contributed by atoms with Gasteiger partial charge in [-0.3, -0.25) is 19.4 Å². The monoisotopic (exact) mass is 440 g/mol. The molecule has 3 heterocycles. The van der Waals surface area contributed by atoms with E-state index in [4.69, 9.17) is 0 Å². The van der Waals surface area contributed by atoms with Crippen LogP contribution >= 0.6 is 0 Å². The van der Waals surface area contributed by atoms with Crippen molar-refractivity contribution < 1.29 is 14.4 Å². The van der Waals surface area contributed by atoms with E-state index in [1.165, 1.54) is 10.5 Å². The average Bonchev–Trinajstić information content (AvgIpc) is 3.06. The van der Waals surface area contributed by atoms with Gasteiger partial charge in [0.1, 0.15) is 5.54 Å². The van der Waals surface area contributed by atoms with Crippen LogP contribution in [-0.4, -0.2) is 70.3 Å². The van der Waals surface area contributed by atoms with E-state index in [-0.39, 0.29) is 29.8 Å². The summed E-state index contributed by atoms with van der Waals surface area (Å²) in [7, 11) is 0. The Morgan fingerprint density at radius 1 is 1.09 bits per heavy atom. The molecule has 0 aromatic heterocycles. The van der Waals surface area contributed by atoms with E-state index in [1.54, 1.807) is 0 Å². The topological polar surface area (TPSA) is 73.0 Å². The third kappa shape index (κ3) is 4.40. The molecule has 4 rings (SSSR count). The second-order valence-electron chi connectivity index (χ2n) is 9.54. The number of piperidine rings is 2. The first kappa shape index (κ1) is 22.8. The van der Waals surface area contributed by atoms with Gasteiger partial charge in [-0.1, -0.05) is 44.2 Å². The van der Waals surface area contributed by atoms with Crippen molar-refractivity contribution in [1.82, 2.24) is 20.0 Å². The molecule has 1 aromatic carbocycles. The summed E-state index contributed by atoms with van der Waals surface area (Å²) < 4.78 is 0. The van der Waals surface area contributed by atoms with Gasteiger partial charge in [0.05, 0.1) is 6.04 Å². The zero-order chi connectivity index (χ0) is 22.7. The number of amides is 4. The van der Waals surface area contributed by atoms with E-state index in [2.05, 4.69) is 22.3 Å². The van der Waals surface area contributed by atoms with Gasteiger partial charge in [0.15, 0.2) is 0 Å². The van der Waals surface area contributed by atoms with Crippen molar-refractivity contribution in [3.63, 3.8) is 0 Å². The fourth-order valence-corrected chi connectivity index (χ4v) is 5.51. The average molecular weight is 441 g/mol. The summed E-state index contributed by atoms with van der Waals surface area (Å²) in [6.45, 7) is 7.67. The van der Waals surface area contributed by atoms with Crippen LogP contribution in [0.4, 0.5) is 4.79 Å². The first-order valence-corrected chi connectivity index (χ1v) is 12.2. The van der Waals surface area contributed by atoms with Gasteiger partial charge >= 0.3 is 6.03 Å². The number of urea groups is 1. The van der Waals surface area contributed by atoms with Gasteiger partial charge < -0.3 is 10.2 Å². The van der Waals surface area contributed by atoms with Gasteiger partial charge in [-0.2, -0.15) is 0 Å². The van der Waals surface area contributed by atoms with Gasteiger partial charge in [-0.05, 0) is 44.1 Å². The van der Waals surface area contributed by atoms with E-state index < -0.39 is 5.54 Å². The molecule has 32 heavy (non-hydrogen) atoms. The number of rotatable bonds is 6. The van der Waals surface area contributed by atoms with Crippen LogP contribution in [-0.2, 0) is 16.1 Å². The Balaban J connectivity index is 1.39. The van der Waals surface area contributed by atoms with Crippen molar-refractivity contribution in [1.29, 1.82) is 0 Å². The molecule has 1 aromatic rings. The van der Waals surface area contributed by atoms with E-state index in [9.17, 15) is 14.4 Å². The van der Waals surface area contributed by atoms with E-state index in [0.717, 1.165) is 51.9 Å². The highest BCUT2D eigenvalue weighted by Gasteiger charge is 2.54. The molecule has 3 aliphatic heterocycles. The third-order valence-electron chi connectivity index (χ3n) is 7.56. The number of carbonyl (C=O) groups excluding carboxylic acids is 3. The molecule has 1 spiro atoms. The maximum absolute atomic E-state index is 13.5. The van der Waals surface area contributed by atoms with Crippen LogP contribution in [0.15, 0.2) is 30.3 Å². The summed E-state index contributed by atoms with van der Waals surface area (Å²) in [4.78, 5) is 45.0. The fraction of sp³-hybridized carbons (Fsp3) is 0.640. The number of likely N-dealkylation sites (tertiary alicyclic amines) is 2. The quantitative estimate of drug-likeness (QED) is 0.691. The Hall–Kier alpha value is -2.41. The Morgan fingerprint density at radius 3 is 2.44 bits per heavy atom. The number of hydrogen-bond donors (Lipinski definition) is 1. The second kappa shape index (κ2) is 9.61. The van der Waals surface area contributed by atoms with E-state index >= 15 is 0 Å². The van der Waals surface area contributed by atoms with Crippen molar-refractivity contribution in [2.45, 2.75) is 70.5 Å². The van der Waals surface area contributed by atoms with E-state index in [0.29, 0.717) is 19.4 Å². The highest BCUT2D eigenvalue weighted by Crippen LogP contribution is 2.33. The van der Waals surface area contributed by atoms with Crippen LogP contribution in [0.3, 0.4) is 0 Å². The molecule has 3 aliphatic rings. The van der Waals surface area contributed by atoms with Gasteiger partial charge in [-0.25, -0.2) is 4.79 Å². The lowest BCUT2D eigenvalue weighted by atomic mass is 9.86. The summed E-state index contributed by atoms with van der Waals surface area (Å²) in [6.07, 6.45) is 4.49. The molecule has 7 heteroatoms. The van der Waals surface area contributed by atoms with Crippen molar-refractivity contribution in [3.8, 4) is 0 Å². The minimum absolute atomic E-state index is 0.0251. The molecule has 3 saturated heterocycles. The standard InChI is InChI=1S/C25H36N4O3/c1-3-20(4-2)22(30)28-14-8-11-21(18-28)29-23(31)25(26-24(29)32)12-15-27(16-13-25)17-19-9-6-5-7-10-19/h5-7,9-10,20-21H,3-4,8,11-18H2,1-2H3,(H,26,32)/t21-/m1/s1. The molecule has 0 radical (unpaired) electrons. The molecule has 0 unspecified atom stereocenters. The summed E-state index contributed by atoms with van der Waals surface area (Å²) >= 11 is 0.